The van der Waals surface area contributed by atoms with E-state index < -0.39 is 5.97 Å². The van der Waals surface area contributed by atoms with Crippen LogP contribution in [0, 0.1) is 0 Å². The van der Waals surface area contributed by atoms with E-state index in [9.17, 15) is 14.7 Å². The van der Waals surface area contributed by atoms with Gasteiger partial charge in [-0.3, -0.25) is 4.79 Å². The van der Waals surface area contributed by atoms with E-state index in [1.807, 2.05) is 0 Å². The van der Waals surface area contributed by atoms with E-state index in [2.05, 4.69) is 0 Å². The van der Waals surface area contributed by atoms with Crippen LogP contribution in [0.3, 0.4) is 0 Å². The van der Waals surface area contributed by atoms with E-state index >= 15 is 0 Å². The second kappa shape index (κ2) is 6.71. The molecule has 1 aliphatic heterocycles. The topological polar surface area (TPSA) is 78.9 Å². The minimum atomic E-state index is -1.17. The summed E-state index contributed by atoms with van der Waals surface area (Å²) in [6.07, 6.45) is -0.185. The third-order valence-corrected chi connectivity index (χ3v) is 4.47. The van der Waals surface area contributed by atoms with Crippen molar-refractivity contribution in [1.29, 1.82) is 0 Å². The summed E-state index contributed by atoms with van der Waals surface area (Å²) in [6, 6.07) is 5.35. The molecule has 0 saturated carbocycles. The zero-order chi connectivity index (χ0) is 15.4. The van der Waals surface area contributed by atoms with Crippen LogP contribution in [0.4, 0.5) is 0 Å². The highest BCUT2D eigenvalue weighted by atomic mass is 32.2. The number of thioether (sulfide) groups is 1. The molecule has 1 aromatic rings. The molecule has 0 N–H and O–H groups in total. The van der Waals surface area contributed by atoms with Gasteiger partial charge in [0.1, 0.15) is 16.9 Å². The largest absolute Gasteiger partial charge is 0.550 e. The molecular formula is C14H16NO5S-. The zero-order valence-corrected chi connectivity index (χ0v) is 12.6. The summed E-state index contributed by atoms with van der Waals surface area (Å²) in [5.41, 5.74) is 0.797. The van der Waals surface area contributed by atoms with Crippen molar-refractivity contribution in [2.45, 2.75) is 11.8 Å². The summed E-state index contributed by atoms with van der Waals surface area (Å²) < 4.78 is 10.5. The monoisotopic (exact) mass is 310 g/mol. The SMILES string of the molecule is COc1ccc(OC)c([C@H]2SCC(=O)N2CCC(=O)[O-])c1. The van der Waals surface area contributed by atoms with Crippen LogP contribution in [-0.2, 0) is 9.59 Å². The molecule has 1 heterocycles. The molecule has 1 aliphatic rings. The Morgan fingerprint density at radius 3 is 2.81 bits per heavy atom. The van der Waals surface area contributed by atoms with E-state index in [1.54, 1.807) is 32.4 Å². The van der Waals surface area contributed by atoms with Gasteiger partial charge in [0.05, 0.1) is 20.0 Å². The number of amides is 1. The fourth-order valence-electron chi connectivity index (χ4n) is 2.20. The van der Waals surface area contributed by atoms with Crippen LogP contribution >= 0.6 is 11.8 Å². The lowest BCUT2D eigenvalue weighted by molar-refractivity contribution is -0.305. The third kappa shape index (κ3) is 3.41. The minimum absolute atomic E-state index is 0.0869. The van der Waals surface area contributed by atoms with Crippen molar-refractivity contribution >= 4 is 23.6 Å². The molecule has 0 spiro atoms. The first-order valence-corrected chi connectivity index (χ1v) is 7.44. The summed E-state index contributed by atoms with van der Waals surface area (Å²) in [5.74, 6) is 0.358. The number of methoxy groups -OCH3 is 2. The van der Waals surface area contributed by atoms with Crippen molar-refractivity contribution in [2.75, 3.05) is 26.5 Å². The number of carbonyl (C=O) groups excluding carboxylic acids is 2. The smallest absolute Gasteiger partial charge is 0.233 e. The molecule has 1 amide bonds. The number of nitrogens with zero attached hydrogens (tertiary/aromatic N) is 1. The lowest BCUT2D eigenvalue weighted by atomic mass is 10.1. The number of carboxylic acid groups (broad SMARTS) is 1. The van der Waals surface area contributed by atoms with Crippen molar-refractivity contribution in [3.05, 3.63) is 23.8 Å². The molecule has 0 aliphatic carbocycles. The van der Waals surface area contributed by atoms with Crippen molar-refractivity contribution in [1.82, 2.24) is 4.90 Å². The quantitative estimate of drug-likeness (QED) is 0.757. The highest BCUT2D eigenvalue weighted by molar-refractivity contribution is 8.00. The zero-order valence-electron chi connectivity index (χ0n) is 11.8. The lowest BCUT2D eigenvalue weighted by Crippen LogP contribution is -2.34. The number of ether oxygens (including phenoxy) is 2. The summed E-state index contributed by atoms with van der Waals surface area (Å²) >= 11 is 1.44. The summed E-state index contributed by atoms with van der Waals surface area (Å²) in [5, 5.41) is 10.4. The Morgan fingerprint density at radius 2 is 2.19 bits per heavy atom. The molecule has 6 nitrogen and oxygen atoms in total. The summed E-state index contributed by atoms with van der Waals surface area (Å²) in [6.45, 7) is 0.124. The lowest BCUT2D eigenvalue weighted by Gasteiger charge is -2.26. The number of rotatable bonds is 6. The van der Waals surface area contributed by atoms with Gasteiger partial charge >= 0.3 is 0 Å². The van der Waals surface area contributed by atoms with Crippen LogP contribution in [0.15, 0.2) is 18.2 Å². The number of benzene rings is 1. The van der Waals surface area contributed by atoms with E-state index in [-0.39, 0.29) is 24.2 Å². The molecule has 7 heteroatoms. The van der Waals surface area contributed by atoms with E-state index in [0.29, 0.717) is 17.3 Å². The van der Waals surface area contributed by atoms with E-state index in [1.165, 1.54) is 16.7 Å². The fraction of sp³-hybridized carbons (Fsp3) is 0.429. The Morgan fingerprint density at radius 1 is 1.43 bits per heavy atom. The predicted octanol–water partition coefficient (Wildman–Crippen LogP) is 0.418. The highest BCUT2D eigenvalue weighted by Gasteiger charge is 2.34. The van der Waals surface area contributed by atoms with Crippen LogP contribution in [0.25, 0.3) is 0 Å². The van der Waals surface area contributed by atoms with Crippen molar-refractivity contribution < 1.29 is 24.2 Å². The van der Waals surface area contributed by atoms with Gasteiger partial charge in [0, 0.05) is 24.5 Å². The molecule has 0 bridgehead atoms. The van der Waals surface area contributed by atoms with Gasteiger partial charge in [-0.05, 0) is 18.2 Å². The molecule has 1 atom stereocenters. The minimum Gasteiger partial charge on any atom is -0.550 e. The third-order valence-electron chi connectivity index (χ3n) is 3.23. The number of carbonyl (C=O) groups is 2. The molecule has 1 aromatic carbocycles. The van der Waals surface area contributed by atoms with Gasteiger partial charge in [0.2, 0.25) is 5.91 Å². The molecule has 2 rings (SSSR count). The Balaban J connectivity index is 2.29. The molecule has 21 heavy (non-hydrogen) atoms. The molecule has 0 aromatic heterocycles. The van der Waals surface area contributed by atoms with E-state index in [0.717, 1.165) is 5.56 Å². The molecule has 1 saturated heterocycles. The first-order valence-electron chi connectivity index (χ1n) is 6.39. The average Bonchev–Trinajstić information content (AvgIpc) is 2.85. The van der Waals surface area contributed by atoms with Gasteiger partial charge in [-0.25, -0.2) is 0 Å². The Bertz CT molecular complexity index is 548. The van der Waals surface area contributed by atoms with Gasteiger partial charge in [-0.15, -0.1) is 11.8 Å². The Kier molecular flexibility index (Phi) is 4.95. The normalized spacial score (nSPS) is 17.9. The molecule has 0 unspecified atom stereocenters. The van der Waals surface area contributed by atoms with Crippen LogP contribution in [0.5, 0.6) is 11.5 Å². The Hall–Kier alpha value is -1.89. The average molecular weight is 310 g/mol. The van der Waals surface area contributed by atoms with Crippen LogP contribution in [0.2, 0.25) is 0 Å². The standard InChI is InChI=1S/C14H17NO5S/c1-19-9-3-4-11(20-2)10(7-9)14-15(6-5-13(17)18)12(16)8-21-14/h3-4,7,14H,5-6,8H2,1-2H3,(H,17,18)/p-1/t14-/m1/s1. The van der Waals surface area contributed by atoms with Gasteiger partial charge in [-0.1, -0.05) is 0 Å². The number of carboxylic acids is 1. The van der Waals surface area contributed by atoms with Crippen LogP contribution in [0.1, 0.15) is 17.4 Å². The molecular weight excluding hydrogens is 294 g/mol. The maximum absolute atomic E-state index is 11.9. The number of hydrogen-bond acceptors (Lipinski definition) is 6. The van der Waals surface area contributed by atoms with Gasteiger partial charge in [0.25, 0.3) is 0 Å². The number of hydrogen-bond donors (Lipinski definition) is 0. The van der Waals surface area contributed by atoms with Gasteiger partial charge in [0.15, 0.2) is 0 Å². The fourth-order valence-corrected chi connectivity index (χ4v) is 3.43. The van der Waals surface area contributed by atoms with Crippen molar-refractivity contribution in [2.24, 2.45) is 0 Å². The highest BCUT2D eigenvalue weighted by Crippen LogP contribution is 2.43. The van der Waals surface area contributed by atoms with Crippen LogP contribution < -0.4 is 14.6 Å². The second-order valence-corrected chi connectivity index (χ2v) is 5.55. The number of aliphatic carboxylic acids is 1. The Labute approximate surface area is 127 Å². The van der Waals surface area contributed by atoms with Gasteiger partial charge in [-0.2, -0.15) is 0 Å². The molecule has 1 fully saturated rings. The van der Waals surface area contributed by atoms with Crippen LogP contribution in [-0.4, -0.2) is 43.3 Å². The predicted molar refractivity (Wildman–Crippen MR) is 76.1 cm³/mol. The first kappa shape index (κ1) is 15.5. The maximum atomic E-state index is 11.9. The summed E-state index contributed by atoms with van der Waals surface area (Å²) in [7, 11) is 3.12. The van der Waals surface area contributed by atoms with Crippen molar-refractivity contribution in [3.63, 3.8) is 0 Å². The summed E-state index contributed by atoms with van der Waals surface area (Å²) in [4.78, 5) is 24.1. The maximum Gasteiger partial charge on any atom is 0.233 e. The van der Waals surface area contributed by atoms with Gasteiger partial charge < -0.3 is 24.3 Å². The molecule has 0 radical (unpaired) electrons. The van der Waals surface area contributed by atoms with Crippen molar-refractivity contribution in [3.8, 4) is 11.5 Å². The second-order valence-electron chi connectivity index (χ2n) is 4.48. The molecule has 114 valence electrons. The first-order chi connectivity index (χ1) is 10.1. The van der Waals surface area contributed by atoms with E-state index in [4.69, 9.17) is 9.47 Å².